The van der Waals surface area contributed by atoms with Crippen molar-refractivity contribution in [3.05, 3.63) is 59.3 Å². The van der Waals surface area contributed by atoms with Crippen LogP contribution in [0, 0.1) is 0 Å². The number of hydrogen-bond acceptors (Lipinski definition) is 4. The third kappa shape index (κ3) is 3.14. The summed E-state index contributed by atoms with van der Waals surface area (Å²) in [6.45, 7) is 3.92. The Morgan fingerprint density at radius 2 is 1.73 bits per heavy atom. The number of fused-ring (bicyclic) bond motifs is 1. The summed E-state index contributed by atoms with van der Waals surface area (Å²) in [7, 11) is 0. The van der Waals surface area contributed by atoms with Gasteiger partial charge in [0.2, 0.25) is 6.41 Å². The highest BCUT2D eigenvalue weighted by Crippen LogP contribution is 2.26. The molecular weight excluding hydrogens is 328 g/mol. The number of hydrogen-bond donors (Lipinski definition) is 0. The van der Waals surface area contributed by atoms with Crippen molar-refractivity contribution >= 4 is 18.1 Å². The van der Waals surface area contributed by atoms with Gasteiger partial charge in [-0.1, -0.05) is 24.3 Å². The van der Waals surface area contributed by atoms with Gasteiger partial charge >= 0.3 is 0 Å². The number of aromatic nitrogens is 1. The number of piperazine rings is 1. The molecule has 2 aromatic rings. The van der Waals surface area contributed by atoms with Crippen molar-refractivity contribution < 1.29 is 9.59 Å². The fourth-order valence-electron chi connectivity index (χ4n) is 3.69. The van der Waals surface area contributed by atoms with Gasteiger partial charge in [0.1, 0.15) is 5.82 Å². The van der Waals surface area contributed by atoms with Crippen molar-refractivity contribution in [2.24, 2.45) is 0 Å². The zero-order valence-corrected chi connectivity index (χ0v) is 14.7. The molecule has 26 heavy (non-hydrogen) atoms. The molecule has 6 heteroatoms. The lowest BCUT2D eigenvalue weighted by molar-refractivity contribution is -0.119. The number of anilines is 1. The summed E-state index contributed by atoms with van der Waals surface area (Å²) in [6, 6.07) is 12.1. The summed E-state index contributed by atoms with van der Waals surface area (Å²) in [5, 5.41) is 0. The SMILES string of the molecule is O=CN1CCN(C(=O)c2cccnc2N2CCc3ccccc3C2)CC1. The number of benzene rings is 1. The maximum atomic E-state index is 13.1. The first-order chi connectivity index (χ1) is 12.8. The molecule has 0 radical (unpaired) electrons. The zero-order chi connectivity index (χ0) is 17.9. The lowest BCUT2D eigenvalue weighted by Gasteiger charge is -2.34. The number of amides is 2. The summed E-state index contributed by atoms with van der Waals surface area (Å²) in [5.41, 5.74) is 3.31. The molecule has 2 aliphatic heterocycles. The third-order valence-corrected chi connectivity index (χ3v) is 5.20. The first-order valence-corrected chi connectivity index (χ1v) is 9.01. The molecule has 6 nitrogen and oxygen atoms in total. The Morgan fingerprint density at radius 1 is 0.962 bits per heavy atom. The van der Waals surface area contributed by atoms with Crippen molar-refractivity contribution in [3.8, 4) is 0 Å². The van der Waals surface area contributed by atoms with Crippen LogP contribution in [0.3, 0.4) is 0 Å². The topological polar surface area (TPSA) is 56.8 Å². The summed E-state index contributed by atoms with van der Waals surface area (Å²) in [4.78, 5) is 34.2. The Hall–Kier alpha value is -2.89. The van der Waals surface area contributed by atoms with E-state index in [-0.39, 0.29) is 5.91 Å². The van der Waals surface area contributed by atoms with E-state index in [2.05, 4.69) is 34.1 Å². The van der Waals surface area contributed by atoms with E-state index in [4.69, 9.17) is 0 Å². The molecular formula is C20H22N4O2. The average Bonchev–Trinajstić information content (AvgIpc) is 2.73. The lowest BCUT2D eigenvalue weighted by Crippen LogP contribution is -2.48. The molecule has 0 atom stereocenters. The predicted octanol–water partition coefficient (Wildman–Crippen LogP) is 1.56. The van der Waals surface area contributed by atoms with Crippen LogP contribution in [0.15, 0.2) is 42.6 Å². The number of rotatable bonds is 3. The maximum Gasteiger partial charge on any atom is 0.257 e. The predicted molar refractivity (Wildman–Crippen MR) is 99.0 cm³/mol. The van der Waals surface area contributed by atoms with Crippen molar-refractivity contribution in [3.63, 3.8) is 0 Å². The van der Waals surface area contributed by atoms with Crippen molar-refractivity contribution in [2.75, 3.05) is 37.6 Å². The second-order valence-corrected chi connectivity index (χ2v) is 6.75. The Kier molecular flexibility index (Phi) is 4.56. The van der Waals surface area contributed by atoms with Gasteiger partial charge in [-0.3, -0.25) is 9.59 Å². The van der Waals surface area contributed by atoms with Crippen LogP contribution < -0.4 is 4.90 Å². The highest BCUT2D eigenvalue weighted by molar-refractivity contribution is 5.99. The van der Waals surface area contributed by atoms with Gasteiger partial charge in [0.05, 0.1) is 5.56 Å². The van der Waals surface area contributed by atoms with E-state index < -0.39 is 0 Å². The van der Waals surface area contributed by atoms with Gasteiger partial charge in [-0.2, -0.15) is 0 Å². The van der Waals surface area contributed by atoms with Crippen molar-refractivity contribution in [1.82, 2.24) is 14.8 Å². The Balaban J connectivity index is 1.56. The summed E-state index contributed by atoms with van der Waals surface area (Å²) in [6.07, 6.45) is 3.55. The molecule has 0 spiro atoms. The van der Waals surface area contributed by atoms with E-state index in [0.29, 0.717) is 31.7 Å². The molecule has 1 saturated heterocycles. The number of pyridine rings is 1. The number of carbonyl (C=O) groups is 2. The van der Waals surface area contributed by atoms with E-state index >= 15 is 0 Å². The van der Waals surface area contributed by atoms with E-state index in [1.165, 1.54) is 11.1 Å². The molecule has 134 valence electrons. The largest absolute Gasteiger partial charge is 0.351 e. The Bertz CT molecular complexity index is 815. The van der Waals surface area contributed by atoms with Crippen LogP contribution in [-0.2, 0) is 17.8 Å². The molecule has 1 aromatic heterocycles. The minimum atomic E-state index is -0.00231. The van der Waals surface area contributed by atoms with E-state index in [1.807, 2.05) is 17.0 Å². The Morgan fingerprint density at radius 3 is 2.50 bits per heavy atom. The van der Waals surface area contributed by atoms with Gasteiger partial charge in [0.25, 0.3) is 5.91 Å². The minimum Gasteiger partial charge on any atom is -0.351 e. The van der Waals surface area contributed by atoms with Crippen molar-refractivity contribution in [2.45, 2.75) is 13.0 Å². The molecule has 0 aliphatic carbocycles. The van der Waals surface area contributed by atoms with Gasteiger partial charge < -0.3 is 14.7 Å². The second-order valence-electron chi connectivity index (χ2n) is 6.75. The number of carbonyl (C=O) groups excluding carboxylic acids is 2. The fourth-order valence-corrected chi connectivity index (χ4v) is 3.69. The van der Waals surface area contributed by atoms with Crippen LogP contribution in [0.5, 0.6) is 0 Å². The molecule has 1 aromatic carbocycles. The van der Waals surface area contributed by atoms with E-state index in [1.54, 1.807) is 11.1 Å². The van der Waals surface area contributed by atoms with Crippen LogP contribution in [0.4, 0.5) is 5.82 Å². The first-order valence-electron chi connectivity index (χ1n) is 9.01. The fraction of sp³-hybridized carbons (Fsp3) is 0.350. The van der Waals surface area contributed by atoms with Crippen molar-refractivity contribution in [1.29, 1.82) is 0 Å². The van der Waals surface area contributed by atoms with Gasteiger partial charge in [-0.05, 0) is 29.7 Å². The molecule has 0 unspecified atom stereocenters. The van der Waals surface area contributed by atoms with Crippen LogP contribution in [0.25, 0.3) is 0 Å². The van der Waals surface area contributed by atoms with Crippen LogP contribution >= 0.6 is 0 Å². The maximum absolute atomic E-state index is 13.1. The van der Waals surface area contributed by atoms with Gasteiger partial charge in [0, 0.05) is 45.5 Å². The third-order valence-electron chi connectivity index (χ3n) is 5.20. The molecule has 1 fully saturated rings. The van der Waals surface area contributed by atoms with Gasteiger partial charge in [-0.25, -0.2) is 4.98 Å². The summed E-state index contributed by atoms with van der Waals surface area (Å²) >= 11 is 0. The normalized spacial score (nSPS) is 17.0. The average molecular weight is 350 g/mol. The van der Waals surface area contributed by atoms with Gasteiger partial charge in [-0.15, -0.1) is 0 Å². The first kappa shape index (κ1) is 16.6. The molecule has 0 N–H and O–H groups in total. The van der Waals surface area contributed by atoms with Crippen LogP contribution in [0.2, 0.25) is 0 Å². The summed E-state index contributed by atoms with van der Waals surface area (Å²) < 4.78 is 0. The lowest BCUT2D eigenvalue weighted by atomic mass is 9.99. The van der Waals surface area contributed by atoms with Crippen LogP contribution in [0.1, 0.15) is 21.5 Å². The number of nitrogens with zero attached hydrogens (tertiary/aromatic N) is 4. The molecule has 4 rings (SSSR count). The standard InChI is InChI=1S/C20H22N4O2/c25-15-22-10-12-23(13-11-22)20(26)18-6-3-8-21-19(18)24-9-7-16-4-1-2-5-17(16)14-24/h1-6,8,15H,7,9-14H2. The second kappa shape index (κ2) is 7.15. The molecule has 0 saturated carbocycles. The minimum absolute atomic E-state index is 0.00231. The van der Waals surface area contributed by atoms with E-state index in [9.17, 15) is 9.59 Å². The molecule has 2 aliphatic rings. The zero-order valence-electron chi connectivity index (χ0n) is 14.7. The highest BCUT2D eigenvalue weighted by atomic mass is 16.2. The Labute approximate surface area is 153 Å². The summed E-state index contributed by atoms with van der Waals surface area (Å²) in [5.74, 6) is 0.752. The quantitative estimate of drug-likeness (QED) is 0.789. The molecule has 3 heterocycles. The molecule has 2 amide bonds. The molecule has 0 bridgehead atoms. The van der Waals surface area contributed by atoms with Gasteiger partial charge in [0.15, 0.2) is 0 Å². The smallest absolute Gasteiger partial charge is 0.257 e. The van der Waals surface area contributed by atoms with E-state index in [0.717, 1.165) is 31.7 Å². The van der Waals surface area contributed by atoms with Crippen LogP contribution in [-0.4, -0.2) is 59.8 Å². The highest BCUT2D eigenvalue weighted by Gasteiger charge is 2.26. The monoisotopic (exact) mass is 350 g/mol.